The molecule has 1 atom stereocenters. The van der Waals surface area contributed by atoms with E-state index < -0.39 is 23.8 Å². The van der Waals surface area contributed by atoms with Crippen molar-refractivity contribution in [3.8, 4) is 5.75 Å². The molecule has 0 heterocycles. The number of primary amides is 1. The van der Waals surface area contributed by atoms with Crippen molar-refractivity contribution in [2.75, 3.05) is 6.61 Å². The summed E-state index contributed by atoms with van der Waals surface area (Å²) in [5.74, 6) is -1.87. The molecule has 1 aromatic carbocycles. The van der Waals surface area contributed by atoms with E-state index in [1.165, 1.54) is 6.92 Å². The zero-order valence-corrected chi connectivity index (χ0v) is 10.3. The van der Waals surface area contributed by atoms with E-state index in [0.717, 1.165) is 6.07 Å². The number of rotatable bonds is 5. The molecule has 1 rings (SSSR count). The standard InChI is InChI=1S/C11H12ClF2NO3/c1-6(18-11(15)16)5-17-10-7(4-12)2-8(13)3-9(10)14/h2-3,6H,4-5H2,1H3,(H2,15,16). The van der Waals surface area contributed by atoms with Gasteiger partial charge in [0.2, 0.25) is 0 Å². The zero-order valence-electron chi connectivity index (χ0n) is 9.58. The Morgan fingerprint density at radius 1 is 1.50 bits per heavy atom. The molecule has 4 nitrogen and oxygen atoms in total. The molecule has 1 unspecified atom stereocenters. The third-order valence-corrected chi connectivity index (χ3v) is 2.30. The Morgan fingerprint density at radius 3 is 2.72 bits per heavy atom. The Morgan fingerprint density at radius 2 is 2.17 bits per heavy atom. The van der Waals surface area contributed by atoms with Crippen molar-refractivity contribution in [1.29, 1.82) is 0 Å². The van der Waals surface area contributed by atoms with Crippen molar-refractivity contribution in [3.63, 3.8) is 0 Å². The number of nitrogens with two attached hydrogens (primary N) is 1. The van der Waals surface area contributed by atoms with Crippen LogP contribution in [0.5, 0.6) is 5.75 Å². The SMILES string of the molecule is CC(COc1c(F)cc(F)cc1CCl)OC(N)=O. The molecule has 0 spiro atoms. The maximum Gasteiger partial charge on any atom is 0.404 e. The van der Waals surface area contributed by atoms with E-state index in [4.69, 9.17) is 22.1 Å². The molecule has 1 aromatic rings. The number of alkyl halides is 1. The summed E-state index contributed by atoms with van der Waals surface area (Å²) in [6.07, 6.45) is -1.61. The van der Waals surface area contributed by atoms with Crippen LogP contribution in [0.1, 0.15) is 12.5 Å². The minimum Gasteiger partial charge on any atom is -0.486 e. The highest BCUT2D eigenvalue weighted by Crippen LogP contribution is 2.26. The molecule has 0 aliphatic rings. The number of carbonyl (C=O) groups is 1. The van der Waals surface area contributed by atoms with Crippen molar-refractivity contribution in [2.24, 2.45) is 5.73 Å². The molecular formula is C11H12ClF2NO3. The molecule has 0 bridgehead atoms. The molecule has 1 amide bonds. The van der Waals surface area contributed by atoms with Crippen LogP contribution in [0, 0.1) is 11.6 Å². The van der Waals surface area contributed by atoms with Crippen LogP contribution in [-0.4, -0.2) is 18.8 Å². The van der Waals surface area contributed by atoms with Gasteiger partial charge in [-0.05, 0) is 13.0 Å². The van der Waals surface area contributed by atoms with Gasteiger partial charge in [-0.15, -0.1) is 11.6 Å². The predicted molar refractivity (Wildman–Crippen MR) is 61.5 cm³/mol. The van der Waals surface area contributed by atoms with Crippen LogP contribution in [0.4, 0.5) is 13.6 Å². The van der Waals surface area contributed by atoms with Gasteiger partial charge in [0.1, 0.15) is 18.5 Å². The maximum absolute atomic E-state index is 13.5. The van der Waals surface area contributed by atoms with Gasteiger partial charge in [0.05, 0.1) is 5.88 Å². The van der Waals surface area contributed by atoms with E-state index in [1.54, 1.807) is 0 Å². The smallest absolute Gasteiger partial charge is 0.404 e. The highest BCUT2D eigenvalue weighted by molar-refractivity contribution is 6.17. The van der Waals surface area contributed by atoms with Gasteiger partial charge < -0.3 is 15.2 Å². The van der Waals surface area contributed by atoms with Crippen molar-refractivity contribution in [1.82, 2.24) is 0 Å². The number of halogens is 3. The molecule has 0 fully saturated rings. The molecule has 0 aliphatic carbocycles. The molecule has 0 aromatic heterocycles. The van der Waals surface area contributed by atoms with Crippen molar-refractivity contribution >= 4 is 17.7 Å². The number of benzene rings is 1. The van der Waals surface area contributed by atoms with Gasteiger partial charge in [-0.25, -0.2) is 13.6 Å². The Balaban J connectivity index is 2.75. The molecule has 0 saturated heterocycles. The van der Waals surface area contributed by atoms with Gasteiger partial charge >= 0.3 is 6.09 Å². The minimum absolute atomic E-state index is 0.102. The fourth-order valence-corrected chi connectivity index (χ4v) is 1.51. The summed E-state index contributed by atoms with van der Waals surface area (Å²) in [6, 6.07) is 1.76. The van der Waals surface area contributed by atoms with Crippen LogP contribution < -0.4 is 10.5 Å². The van der Waals surface area contributed by atoms with Crippen molar-refractivity contribution in [2.45, 2.75) is 18.9 Å². The highest BCUT2D eigenvalue weighted by Gasteiger charge is 2.14. The average molecular weight is 280 g/mol. The lowest BCUT2D eigenvalue weighted by Gasteiger charge is -2.15. The quantitative estimate of drug-likeness (QED) is 0.843. The fraction of sp³-hybridized carbons (Fsp3) is 0.364. The van der Waals surface area contributed by atoms with Gasteiger partial charge in [-0.2, -0.15) is 0 Å². The monoisotopic (exact) mass is 279 g/mol. The third kappa shape index (κ3) is 4.03. The maximum atomic E-state index is 13.5. The van der Waals surface area contributed by atoms with Crippen LogP contribution in [0.15, 0.2) is 12.1 Å². The first-order valence-electron chi connectivity index (χ1n) is 5.06. The first-order valence-corrected chi connectivity index (χ1v) is 5.60. The van der Waals surface area contributed by atoms with Crippen LogP contribution >= 0.6 is 11.6 Å². The van der Waals surface area contributed by atoms with Crippen molar-refractivity contribution < 1.29 is 23.0 Å². The Hall–Kier alpha value is -1.56. The van der Waals surface area contributed by atoms with Gasteiger partial charge in [-0.3, -0.25) is 0 Å². The molecular weight excluding hydrogens is 268 g/mol. The molecule has 0 saturated carbocycles. The summed E-state index contributed by atoms with van der Waals surface area (Å²) in [4.78, 5) is 10.5. The van der Waals surface area contributed by atoms with Gasteiger partial charge in [0, 0.05) is 11.6 Å². The summed E-state index contributed by atoms with van der Waals surface area (Å²) in [6.45, 7) is 1.40. The topological polar surface area (TPSA) is 61.6 Å². The second-order valence-corrected chi connectivity index (χ2v) is 3.84. The summed E-state index contributed by atoms with van der Waals surface area (Å²) >= 11 is 5.56. The van der Waals surface area contributed by atoms with E-state index in [2.05, 4.69) is 4.74 Å². The van der Waals surface area contributed by atoms with E-state index >= 15 is 0 Å². The fourth-order valence-electron chi connectivity index (χ4n) is 1.31. The van der Waals surface area contributed by atoms with Crippen LogP contribution in [-0.2, 0) is 10.6 Å². The zero-order chi connectivity index (χ0) is 13.7. The average Bonchev–Trinajstić information content (AvgIpc) is 2.25. The second kappa shape index (κ2) is 6.39. The molecule has 18 heavy (non-hydrogen) atoms. The largest absolute Gasteiger partial charge is 0.486 e. The lowest BCUT2D eigenvalue weighted by Crippen LogP contribution is -2.25. The second-order valence-electron chi connectivity index (χ2n) is 3.57. The summed E-state index contributed by atoms with van der Waals surface area (Å²) in [7, 11) is 0. The number of hydrogen-bond acceptors (Lipinski definition) is 3. The number of carbonyl (C=O) groups excluding carboxylic acids is 1. The highest BCUT2D eigenvalue weighted by atomic mass is 35.5. The first kappa shape index (κ1) is 14.5. The van der Waals surface area contributed by atoms with E-state index in [9.17, 15) is 13.6 Å². The number of amides is 1. The third-order valence-electron chi connectivity index (χ3n) is 2.01. The van der Waals surface area contributed by atoms with Crippen molar-refractivity contribution in [3.05, 3.63) is 29.3 Å². The number of ether oxygens (including phenoxy) is 2. The van der Waals surface area contributed by atoms with Crippen LogP contribution in [0.2, 0.25) is 0 Å². The van der Waals surface area contributed by atoms with Gasteiger partial charge in [0.15, 0.2) is 11.6 Å². The van der Waals surface area contributed by atoms with Gasteiger partial charge in [-0.1, -0.05) is 0 Å². The van der Waals surface area contributed by atoms with Crippen LogP contribution in [0.25, 0.3) is 0 Å². The minimum atomic E-state index is -0.955. The summed E-state index contributed by atoms with van der Waals surface area (Å²) < 4.78 is 36.1. The lowest BCUT2D eigenvalue weighted by atomic mass is 10.2. The summed E-state index contributed by atoms with van der Waals surface area (Å²) in [5.41, 5.74) is 4.99. The predicted octanol–water partition coefficient (Wildman–Crippen LogP) is 2.57. The first-order chi connectivity index (χ1) is 8.43. The molecule has 7 heteroatoms. The normalized spacial score (nSPS) is 12.0. The molecule has 2 N–H and O–H groups in total. The Kier molecular flexibility index (Phi) is 5.15. The molecule has 0 aliphatic heterocycles. The Bertz CT molecular complexity index is 443. The van der Waals surface area contributed by atoms with E-state index in [1.807, 2.05) is 0 Å². The van der Waals surface area contributed by atoms with E-state index in [0.29, 0.717) is 6.07 Å². The van der Waals surface area contributed by atoms with E-state index in [-0.39, 0.29) is 23.8 Å². The lowest BCUT2D eigenvalue weighted by molar-refractivity contribution is 0.0808. The molecule has 0 radical (unpaired) electrons. The van der Waals surface area contributed by atoms with Gasteiger partial charge in [0.25, 0.3) is 0 Å². The number of hydrogen-bond donors (Lipinski definition) is 1. The Labute approximate surface area is 108 Å². The van der Waals surface area contributed by atoms with Crippen LogP contribution in [0.3, 0.4) is 0 Å². The summed E-state index contributed by atoms with van der Waals surface area (Å²) in [5, 5.41) is 0. The molecule has 100 valence electrons.